The summed E-state index contributed by atoms with van der Waals surface area (Å²) >= 11 is 0. The maximum atomic E-state index is 13.5. The molecular weight excluding hydrogens is 229 g/mol. The van der Waals surface area contributed by atoms with Crippen molar-refractivity contribution in [3.8, 4) is 5.75 Å². The number of hydrogen-bond donors (Lipinski definition) is 1. The van der Waals surface area contributed by atoms with Crippen LogP contribution in [0.2, 0.25) is 0 Å². The molecule has 0 atom stereocenters. The highest BCUT2D eigenvalue weighted by Crippen LogP contribution is 2.27. The number of hydrogen-bond acceptors (Lipinski definition) is 2. The summed E-state index contributed by atoms with van der Waals surface area (Å²) in [5, 5.41) is 0. The van der Waals surface area contributed by atoms with Crippen LogP contribution in [0.3, 0.4) is 0 Å². The third kappa shape index (κ3) is 3.98. The van der Waals surface area contributed by atoms with E-state index in [1.165, 1.54) is 31.4 Å². The van der Waals surface area contributed by atoms with Gasteiger partial charge in [0.1, 0.15) is 11.6 Å². The first-order chi connectivity index (χ1) is 8.42. The SMILES string of the molecule is CC(C)(N)Cc1cc(F)cc(OCC2CCC2)c1. The van der Waals surface area contributed by atoms with Crippen LogP contribution in [-0.2, 0) is 6.42 Å². The molecule has 0 amide bonds. The fourth-order valence-electron chi connectivity index (χ4n) is 2.21. The summed E-state index contributed by atoms with van der Waals surface area (Å²) in [5.74, 6) is 1.03. The number of ether oxygens (including phenoxy) is 1. The Morgan fingerprint density at radius 1 is 1.33 bits per heavy atom. The zero-order valence-electron chi connectivity index (χ0n) is 11.2. The zero-order chi connectivity index (χ0) is 13.2. The third-order valence-corrected chi connectivity index (χ3v) is 3.30. The van der Waals surface area contributed by atoms with E-state index in [0.717, 1.165) is 5.56 Å². The Labute approximate surface area is 108 Å². The van der Waals surface area contributed by atoms with Gasteiger partial charge >= 0.3 is 0 Å². The lowest BCUT2D eigenvalue weighted by Crippen LogP contribution is -2.34. The Hall–Kier alpha value is -1.09. The van der Waals surface area contributed by atoms with Gasteiger partial charge in [-0.1, -0.05) is 6.42 Å². The maximum Gasteiger partial charge on any atom is 0.127 e. The minimum Gasteiger partial charge on any atom is -0.493 e. The van der Waals surface area contributed by atoms with Crippen LogP contribution in [0, 0.1) is 11.7 Å². The van der Waals surface area contributed by atoms with E-state index in [1.54, 1.807) is 0 Å². The van der Waals surface area contributed by atoms with Crippen LogP contribution in [0.25, 0.3) is 0 Å². The molecule has 0 radical (unpaired) electrons. The number of nitrogens with two attached hydrogens (primary N) is 1. The van der Waals surface area contributed by atoms with Crippen molar-refractivity contribution in [3.63, 3.8) is 0 Å². The molecule has 0 unspecified atom stereocenters. The minimum absolute atomic E-state index is 0.250. The van der Waals surface area contributed by atoms with Gasteiger partial charge in [0, 0.05) is 11.6 Å². The average Bonchev–Trinajstić information content (AvgIpc) is 2.10. The van der Waals surface area contributed by atoms with Crippen LogP contribution < -0.4 is 10.5 Å². The Bertz CT molecular complexity index is 407. The highest BCUT2D eigenvalue weighted by molar-refractivity contribution is 5.30. The summed E-state index contributed by atoms with van der Waals surface area (Å²) in [6.07, 6.45) is 4.41. The topological polar surface area (TPSA) is 35.2 Å². The van der Waals surface area contributed by atoms with Crippen molar-refractivity contribution in [2.75, 3.05) is 6.61 Å². The van der Waals surface area contributed by atoms with Crippen molar-refractivity contribution >= 4 is 0 Å². The minimum atomic E-state index is -0.334. The second kappa shape index (κ2) is 5.27. The molecule has 1 aliphatic rings. The van der Waals surface area contributed by atoms with Crippen molar-refractivity contribution in [2.24, 2.45) is 11.7 Å². The molecule has 1 fully saturated rings. The number of rotatable bonds is 5. The molecule has 0 aliphatic heterocycles. The monoisotopic (exact) mass is 251 g/mol. The molecule has 1 aromatic rings. The van der Waals surface area contributed by atoms with Crippen LogP contribution in [0.4, 0.5) is 4.39 Å². The standard InChI is InChI=1S/C15H22FNO/c1-15(2,17)9-12-6-13(16)8-14(7-12)18-10-11-4-3-5-11/h6-8,11H,3-5,9-10,17H2,1-2H3. The Balaban J connectivity index is 2.00. The van der Waals surface area contributed by atoms with Gasteiger partial charge in [0.25, 0.3) is 0 Å². The van der Waals surface area contributed by atoms with E-state index in [0.29, 0.717) is 24.7 Å². The fraction of sp³-hybridized carbons (Fsp3) is 0.600. The van der Waals surface area contributed by atoms with Gasteiger partial charge in [-0.05, 0) is 56.7 Å². The van der Waals surface area contributed by atoms with Crippen LogP contribution >= 0.6 is 0 Å². The highest BCUT2D eigenvalue weighted by atomic mass is 19.1. The van der Waals surface area contributed by atoms with E-state index in [-0.39, 0.29) is 11.4 Å². The van der Waals surface area contributed by atoms with Gasteiger partial charge in [-0.25, -0.2) is 4.39 Å². The third-order valence-electron chi connectivity index (χ3n) is 3.30. The van der Waals surface area contributed by atoms with E-state index >= 15 is 0 Å². The van der Waals surface area contributed by atoms with E-state index in [9.17, 15) is 4.39 Å². The van der Waals surface area contributed by atoms with Crippen LogP contribution in [-0.4, -0.2) is 12.1 Å². The van der Waals surface area contributed by atoms with Gasteiger partial charge in [0.2, 0.25) is 0 Å². The molecule has 0 heterocycles. The van der Waals surface area contributed by atoms with Crippen LogP contribution in [0.1, 0.15) is 38.7 Å². The second-order valence-electron chi connectivity index (χ2n) is 6.07. The lowest BCUT2D eigenvalue weighted by molar-refractivity contribution is 0.180. The molecule has 1 aliphatic carbocycles. The first-order valence-electron chi connectivity index (χ1n) is 6.63. The lowest BCUT2D eigenvalue weighted by atomic mass is 9.86. The smallest absolute Gasteiger partial charge is 0.127 e. The molecule has 0 bridgehead atoms. The second-order valence-corrected chi connectivity index (χ2v) is 6.07. The van der Waals surface area contributed by atoms with E-state index in [4.69, 9.17) is 10.5 Å². The van der Waals surface area contributed by atoms with Crippen LogP contribution in [0.15, 0.2) is 18.2 Å². The van der Waals surface area contributed by atoms with E-state index in [1.807, 2.05) is 19.9 Å². The average molecular weight is 251 g/mol. The quantitative estimate of drug-likeness (QED) is 0.871. The van der Waals surface area contributed by atoms with E-state index < -0.39 is 0 Å². The van der Waals surface area contributed by atoms with Gasteiger partial charge in [0.15, 0.2) is 0 Å². The molecule has 1 aromatic carbocycles. The largest absolute Gasteiger partial charge is 0.493 e. The summed E-state index contributed by atoms with van der Waals surface area (Å²) in [6, 6.07) is 4.88. The lowest BCUT2D eigenvalue weighted by Gasteiger charge is -2.25. The highest BCUT2D eigenvalue weighted by Gasteiger charge is 2.18. The Kier molecular flexibility index (Phi) is 3.91. The molecule has 3 heteroatoms. The molecule has 2 N–H and O–H groups in total. The summed E-state index contributed by atoms with van der Waals surface area (Å²) in [7, 11) is 0. The van der Waals surface area contributed by atoms with Gasteiger partial charge < -0.3 is 10.5 Å². The molecular formula is C15H22FNO. The Morgan fingerprint density at radius 2 is 2.06 bits per heavy atom. The van der Waals surface area contributed by atoms with Gasteiger partial charge in [-0.15, -0.1) is 0 Å². The number of halogens is 1. The molecule has 100 valence electrons. The zero-order valence-corrected chi connectivity index (χ0v) is 11.2. The van der Waals surface area contributed by atoms with Crippen LogP contribution in [0.5, 0.6) is 5.75 Å². The molecule has 2 nitrogen and oxygen atoms in total. The van der Waals surface area contributed by atoms with Crippen molar-refractivity contribution < 1.29 is 9.13 Å². The molecule has 0 aromatic heterocycles. The van der Waals surface area contributed by atoms with Gasteiger partial charge in [-0.3, -0.25) is 0 Å². The first kappa shape index (κ1) is 13.3. The maximum absolute atomic E-state index is 13.5. The van der Waals surface area contributed by atoms with Crippen molar-refractivity contribution in [3.05, 3.63) is 29.6 Å². The predicted molar refractivity (Wildman–Crippen MR) is 71.2 cm³/mol. The summed E-state index contributed by atoms with van der Waals surface area (Å²) in [5.41, 5.74) is 6.52. The van der Waals surface area contributed by atoms with Gasteiger partial charge in [0.05, 0.1) is 6.61 Å². The van der Waals surface area contributed by atoms with Crippen molar-refractivity contribution in [2.45, 2.75) is 45.1 Å². The Morgan fingerprint density at radius 3 is 2.61 bits per heavy atom. The summed E-state index contributed by atoms with van der Waals surface area (Å²) in [6.45, 7) is 4.58. The van der Waals surface area contributed by atoms with Gasteiger partial charge in [-0.2, -0.15) is 0 Å². The van der Waals surface area contributed by atoms with E-state index in [2.05, 4.69) is 0 Å². The summed E-state index contributed by atoms with van der Waals surface area (Å²) < 4.78 is 19.2. The molecule has 1 saturated carbocycles. The van der Waals surface area contributed by atoms with Crippen molar-refractivity contribution in [1.29, 1.82) is 0 Å². The van der Waals surface area contributed by atoms with Crippen molar-refractivity contribution in [1.82, 2.24) is 0 Å². The predicted octanol–water partition coefficient (Wildman–Crippen LogP) is 3.28. The molecule has 0 spiro atoms. The first-order valence-corrected chi connectivity index (χ1v) is 6.63. The molecule has 0 saturated heterocycles. The fourth-order valence-corrected chi connectivity index (χ4v) is 2.21. The molecule has 18 heavy (non-hydrogen) atoms. The number of benzene rings is 1. The summed E-state index contributed by atoms with van der Waals surface area (Å²) in [4.78, 5) is 0. The normalized spacial score (nSPS) is 16.4. The molecule has 2 rings (SSSR count).